The molecule has 0 saturated carbocycles. The van der Waals surface area contributed by atoms with Crippen LogP contribution in [0.4, 0.5) is 8.78 Å². The van der Waals surface area contributed by atoms with Gasteiger partial charge in [0.2, 0.25) is 5.91 Å². The maximum absolute atomic E-state index is 13.4. The third kappa shape index (κ3) is 4.79. The molecule has 2 N–H and O–H groups in total. The molecule has 1 aromatic rings. The van der Waals surface area contributed by atoms with E-state index in [1.807, 2.05) is 0 Å². The highest BCUT2D eigenvalue weighted by Gasteiger charge is 2.19. The Hall–Kier alpha value is -2.24. The van der Waals surface area contributed by atoms with E-state index in [1.54, 1.807) is 6.08 Å². The normalized spacial score (nSPS) is 11.7. The lowest BCUT2D eigenvalue weighted by Gasteiger charge is -2.13. The summed E-state index contributed by atoms with van der Waals surface area (Å²) >= 11 is 0. The van der Waals surface area contributed by atoms with Gasteiger partial charge in [0.25, 0.3) is 0 Å². The van der Waals surface area contributed by atoms with Crippen LogP contribution in [0.2, 0.25) is 0 Å². The zero-order valence-electron chi connectivity index (χ0n) is 10.7. The minimum atomic E-state index is -1.17. The molecular formula is C14H15F2NO3. The molecule has 0 aliphatic rings. The first-order valence-electron chi connectivity index (χ1n) is 6.01. The molecule has 0 unspecified atom stereocenters. The Morgan fingerprint density at radius 2 is 2.10 bits per heavy atom. The van der Waals surface area contributed by atoms with Crippen molar-refractivity contribution >= 4 is 11.9 Å². The number of hydrogen-bond donors (Lipinski definition) is 2. The first kappa shape index (κ1) is 15.8. The Morgan fingerprint density at radius 1 is 1.40 bits per heavy atom. The number of carbonyl (C=O) groups excluding carboxylic acids is 1. The Morgan fingerprint density at radius 3 is 2.65 bits per heavy atom. The highest BCUT2D eigenvalue weighted by Crippen LogP contribution is 2.10. The molecule has 1 amide bonds. The van der Waals surface area contributed by atoms with E-state index in [0.717, 1.165) is 12.1 Å². The minimum absolute atomic E-state index is 0.0109. The van der Waals surface area contributed by atoms with Crippen molar-refractivity contribution in [2.75, 3.05) is 0 Å². The summed E-state index contributed by atoms with van der Waals surface area (Å²) < 4.78 is 26.1. The predicted molar refractivity (Wildman–Crippen MR) is 69.1 cm³/mol. The van der Waals surface area contributed by atoms with Crippen molar-refractivity contribution < 1.29 is 23.5 Å². The van der Waals surface area contributed by atoms with Gasteiger partial charge >= 0.3 is 5.97 Å². The first-order chi connectivity index (χ1) is 9.43. The molecule has 0 aliphatic heterocycles. The van der Waals surface area contributed by atoms with Crippen LogP contribution in [0.1, 0.15) is 18.4 Å². The standard InChI is InChI=1S/C14H15F2NO3/c1-2-3-4-12(14(19)20)17-13(18)7-9-5-6-10(15)8-11(9)16/h2,5-6,8,12H,1,3-4,7H2,(H,17,18)(H,19,20)/t12-/m1/s1. The summed E-state index contributed by atoms with van der Waals surface area (Å²) in [5.41, 5.74) is 0.0109. The Balaban J connectivity index is 2.65. The molecule has 4 nitrogen and oxygen atoms in total. The van der Waals surface area contributed by atoms with Crippen molar-refractivity contribution in [3.63, 3.8) is 0 Å². The number of amides is 1. The quantitative estimate of drug-likeness (QED) is 0.753. The number of benzene rings is 1. The van der Waals surface area contributed by atoms with Crippen LogP contribution in [0.3, 0.4) is 0 Å². The van der Waals surface area contributed by atoms with Gasteiger partial charge in [-0.3, -0.25) is 4.79 Å². The molecule has 108 valence electrons. The number of aliphatic carboxylic acids is 1. The summed E-state index contributed by atoms with van der Waals surface area (Å²) in [6.45, 7) is 3.47. The smallest absolute Gasteiger partial charge is 0.326 e. The zero-order chi connectivity index (χ0) is 15.1. The number of carbonyl (C=O) groups is 2. The Labute approximate surface area is 115 Å². The van der Waals surface area contributed by atoms with Gasteiger partial charge < -0.3 is 10.4 Å². The number of carboxylic acid groups (broad SMARTS) is 1. The number of carboxylic acids is 1. The summed E-state index contributed by atoms with van der Waals surface area (Å²) in [6, 6.07) is 1.82. The molecule has 6 heteroatoms. The summed E-state index contributed by atoms with van der Waals surface area (Å²) in [7, 11) is 0. The second-order valence-electron chi connectivity index (χ2n) is 4.24. The maximum Gasteiger partial charge on any atom is 0.326 e. The molecule has 1 atom stereocenters. The molecule has 20 heavy (non-hydrogen) atoms. The molecule has 0 bridgehead atoms. The largest absolute Gasteiger partial charge is 0.480 e. The van der Waals surface area contributed by atoms with Crippen molar-refractivity contribution in [2.24, 2.45) is 0 Å². The van der Waals surface area contributed by atoms with Crippen LogP contribution in [0.25, 0.3) is 0 Å². The molecule has 0 heterocycles. The van der Waals surface area contributed by atoms with E-state index in [0.29, 0.717) is 12.5 Å². The second kappa shape index (κ2) is 7.37. The summed E-state index contributed by atoms with van der Waals surface area (Å²) in [5.74, 6) is -3.37. The van der Waals surface area contributed by atoms with Crippen molar-refractivity contribution in [1.29, 1.82) is 0 Å². The van der Waals surface area contributed by atoms with E-state index in [9.17, 15) is 18.4 Å². The van der Waals surface area contributed by atoms with Gasteiger partial charge in [0, 0.05) is 6.07 Å². The fourth-order valence-corrected chi connectivity index (χ4v) is 1.63. The van der Waals surface area contributed by atoms with Crippen LogP contribution in [0.15, 0.2) is 30.9 Å². The van der Waals surface area contributed by atoms with Gasteiger partial charge in [-0.25, -0.2) is 13.6 Å². The van der Waals surface area contributed by atoms with E-state index in [-0.39, 0.29) is 18.4 Å². The molecule has 0 saturated heterocycles. The predicted octanol–water partition coefficient (Wildman–Crippen LogP) is 2.04. The zero-order valence-corrected chi connectivity index (χ0v) is 10.7. The maximum atomic E-state index is 13.4. The lowest BCUT2D eigenvalue weighted by Crippen LogP contribution is -2.41. The molecule has 0 aromatic heterocycles. The molecule has 1 rings (SSSR count). The van der Waals surface area contributed by atoms with Crippen molar-refractivity contribution in [3.8, 4) is 0 Å². The van der Waals surface area contributed by atoms with Crippen LogP contribution >= 0.6 is 0 Å². The highest BCUT2D eigenvalue weighted by atomic mass is 19.1. The SMILES string of the molecule is C=CCC[C@@H](NC(=O)Cc1ccc(F)cc1F)C(=O)O. The van der Waals surface area contributed by atoms with Crippen LogP contribution in [-0.2, 0) is 16.0 Å². The lowest BCUT2D eigenvalue weighted by atomic mass is 10.1. The number of nitrogens with one attached hydrogen (secondary N) is 1. The Bertz CT molecular complexity index is 517. The average molecular weight is 283 g/mol. The van der Waals surface area contributed by atoms with Crippen molar-refractivity contribution in [1.82, 2.24) is 5.32 Å². The molecule has 0 fully saturated rings. The van der Waals surface area contributed by atoms with Gasteiger partial charge in [0.15, 0.2) is 0 Å². The van der Waals surface area contributed by atoms with Gasteiger partial charge in [0.1, 0.15) is 17.7 Å². The van der Waals surface area contributed by atoms with Gasteiger partial charge in [-0.1, -0.05) is 12.1 Å². The summed E-state index contributed by atoms with van der Waals surface area (Å²) in [6.07, 6.45) is 1.84. The van der Waals surface area contributed by atoms with Crippen LogP contribution in [-0.4, -0.2) is 23.0 Å². The topological polar surface area (TPSA) is 66.4 Å². The average Bonchev–Trinajstić information content (AvgIpc) is 2.37. The summed E-state index contributed by atoms with van der Waals surface area (Å²) in [4.78, 5) is 22.6. The Kier molecular flexibility index (Phi) is 5.83. The van der Waals surface area contributed by atoms with Crippen LogP contribution in [0, 0.1) is 11.6 Å². The fraction of sp³-hybridized carbons (Fsp3) is 0.286. The van der Waals surface area contributed by atoms with Crippen molar-refractivity contribution in [3.05, 3.63) is 48.1 Å². The van der Waals surface area contributed by atoms with Gasteiger partial charge in [-0.2, -0.15) is 0 Å². The van der Waals surface area contributed by atoms with E-state index in [1.165, 1.54) is 0 Å². The van der Waals surface area contributed by atoms with Crippen molar-refractivity contribution in [2.45, 2.75) is 25.3 Å². The minimum Gasteiger partial charge on any atom is -0.480 e. The van der Waals surface area contributed by atoms with Crippen LogP contribution < -0.4 is 5.32 Å². The van der Waals surface area contributed by atoms with E-state index in [2.05, 4.69) is 11.9 Å². The second-order valence-corrected chi connectivity index (χ2v) is 4.24. The highest BCUT2D eigenvalue weighted by molar-refractivity contribution is 5.84. The van der Waals surface area contributed by atoms with Gasteiger partial charge in [0.05, 0.1) is 6.42 Å². The molecule has 0 aliphatic carbocycles. The third-order valence-electron chi connectivity index (χ3n) is 2.66. The first-order valence-corrected chi connectivity index (χ1v) is 6.01. The molecular weight excluding hydrogens is 268 g/mol. The van der Waals surface area contributed by atoms with E-state index >= 15 is 0 Å². The third-order valence-corrected chi connectivity index (χ3v) is 2.66. The monoisotopic (exact) mass is 283 g/mol. The number of halogens is 2. The van der Waals surface area contributed by atoms with Gasteiger partial charge in [-0.05, 0) is 24.5 Å². The number of allylic oxidation sites excluding steroid dienone is 1. The number of rotatable bonds is 7. The molecule has 1 aromatic carbocycles. The fourth-order valence-electron chi connectivity index (χ4n) is 1.63. The van der Waals surface area contributed by atoms with E-state index < -0.39 is 29.6 Å². The number of hydrogen-bond acceptors (Lipinski definition) is 2. The van der Waals surface area contributed by atoms with Gasteiger partial charge in [-0.15, -0.1) is 6.58 Å². The van der Waals surface area contributed by atoms with Crippen LogP contribution in [0.5, 0.6) is 0 Å². The summed E-state index contributed by atoms with van der Waals surface area (Å²) in [5, 5.41) is 11.2. The molecule has 0 spiro atoms. The van der Waals surface area contributed by atoms with E-state index in [4.69, 9.17) is 5.11 Å². The lowest BCUT2D eigenvalue weighted by molar-refractivity contribution is -0.141. The molecule has 0 radical (unpaired) electrons.